The van der Waals surface area contributed by atoms with Crippen LogP contribution in [0, 0.1) is 6.92 Å². The van der Waals surface area contributed by atoms with E-state index in [9.17, 15) is 4.21 Å². The number of hydrogen-bond donors (Lipinski definition) is 0. The molecule has 0 aliphatic carbocycles. The number of hydrogen-bond acceptors (Lipinski definition) is 4. The number of rotatable bonds is 1. The van der Waals surface area contributed by atoms with Crippen LogP contribution in [0.5, 0.6) is 0 Å². The van der Waals surface area contributed by atoms with Gasteiger partial charge in [-0.3, -0.25) is 4.21 Å². The standard InChI is InChI=1S/C9H12BrN3OS/c1-7-11-8(10)6-9(12-7)13-2-4-15(14)5-3-13/h6H,2-5H2,1H3. The molecule has 0 aromatic carbocycles. The first-order valence-corrected chi connectivity index (χ1v) is 7.04. The molecule has 82 valence electrons. The molecule has 1 saturated heterocycles. The van der Waals surface area contributed by atoms with E-state index in [4.69, 9.17) is 0 Å². The van der Waals surface area contributed by atoms with Crippen LogP contribution >= 0.6 is 15.9 Å². The van der Waals surface area contributed by atoms with Crippen molar-refractivity contribution >= 4 is 32.5 Å². The molecule has 1 aromatic rings. The molecule has 0 saturated carbocycles. The van der Waals surface area contributed by atoms with Crippen molar-refractivity contribution in [3.63, 3.8) is 0 Å². The fourth-order valence-electron chi connectivity index (χ4n) is 1.55. The Morgan fingerprint density at radius 2 is 2.07 bits per heavy atom. The van der Waals surface area contributed by atoms with Gasteiger partial charge in [-0.15, -0.1) is 0 Å². The van der Waals surface area contributed by atoms with Crippen LogP contribution in [0.15, 0.2) is 10.7 Å². The quantitative estimate of drug-likeness (QED) is 0.727. The predicted octanol–water partition coefficient (Wildman–Crippen LogP) is 1.12. The number of halogens is 1. The van der Waals surface area contributed by atoms with Gasteiger partial charge in [0.1, 0.15) is 16.2 Å². The van der Waals surface area contributed by atoms with Gasteiger partial charge in [-0.1, -0.05) is 0 Å². The Labute approximate surface area is 99.7 Å². The zero-order valence-electron chi connectivity index (χ0n) is 8.44. The van der Waals surface area contributed by atoms with Crippen molar-refractivity contribution < 1.29 is 4.21 Å². The summed E-state index contributed by atoms with van der Waals surface area (Å²) in [6.07, 6.45) is 0. The maximum atomic E-state index is 11.2. The highest BCUT2D eigenvalue weighted by Crippen LogP contribution is 2.17. The Morgan fingerprint density at radius 3 is 2.67 bits per heavy atom. The van der Waals surface area contributed by atoms with E-state index in [1.165, 1.54) is 0 Å². The Bertz CT molecular complexity index is 369. The van der Waals surface area contributed by atoms with Crippen molar-refractivity contribution in [2.45, 2.75) is 6.92 Å². The Morgan fingerprint density at radius 1 is 1.40 bits per heavy atom. The van der Waals surface area contributed by atoms with Crippen LogP contribution in [0.25, 0.3) is 0 Å². The lowest BCUT2D eigenvalue weighted by Crippen LogP contribution is -2.38. The zero-order valence-corrected chi connectivity index (χ0v) is 10.8. The first kappa shape index (κ1) is 11.0. The molecule has 0 amide bonds. The lowest BCUT2D eigenvalue weighted by Gasteiger charge is -2.27. The number of aromatic nitrogens is 2. The second-order valence-electron chi connectivity index (χ2n) is 3.43. The zero-order chi connectivity index (χ0) is 10.8. The van der Waals surface area contributed by atoms with Crippen LogP contribution < -0.4 is 4.90 Å². The van der Waals surface area contributed by atoms with Crippen molar-refractivity contribution in [2.24, 2.45) is 0 Å². The van der Waals surface area contributed by atoms with Crippen molar-refractivity contribution in [1.82, 2.24) is 9.97 Å². The first-order valence-electron chi connectivity index (χ1n) is 4.76. The van der Waals surface area contributed by atoms with Crippen LogP contribution in [0.2, 0.25) is 0 Å². The topological polar surface area (TPSA) is 46.1 Å². The highest BCUT2D eigenvalue weighted by molar-refractivity contribution is 9.10. The van der Waals surface area contributed by atoms with Gasteiger partial charge in [-0.2, -0.15) is 0 Å². The molecule has 0 radical (unpaired) electrons. The third-order valence-corrected chi connectivity index (χ3v) is 3.98. The smallest absolute Gasteiger partial charge is 0.133 e. The SMILES string of the molecule is Cc1nc(Br)cc(N2CCS(=O)CC2)n1. The van der Waals surface area contributed by atoms with Crippen molar-refractivity contribution in [1.29, 1.82) is 0 Å². The van der Waals surface area contributed by atoms with Crippen molar-refractivity contribution in [3.8, 4) is 0 Å². The average molecular weight is 290 g/mol. The second-order valence-corrected chi connectivity index (χ2v) is 5.94. The summed E-state index contributed by atoms with van der Waals surface area (Å²) in [5.41, 5.74) is 0. The molecule has 15 heavy (non-hydrogen) atoms. The summed E-state index contributed by atoms with van der Waals surface area (Å²) in [6.45, 7) is 3.50. The minimum Gasteiger partial charge on any atom is -0.355 e. The molecular formula is C9H12BrN3OS. The van der Waals surface area contributed by atoms with E-state index < -0.39 is 10.8 Å². The lowest BCUT2D eigenvalue weighted by molar-refractivity contribution is 0.672. The van der Waals surface area contributed by atoms with Crippen LogP contribution in [0.3, 0.4) is 0 Å². The fourth-order valence-corrected chi connectivity index (χ4v) is 3.06. The highest BCUT2D eigenvalue weighted by Gasteiger charge is 2.17. The summed E-state index contributed by atoms with van der Waals surface area (Å²) in [6, 6.07) is 1.90. The van der Waals surface area contributed by atoms with Gasteiger partial charge >= 0.3 is 0 Å². The molecular weight excluding hydrogens is 278 g/mol. The number of anilines is 1. The highest BCUT2D eigenvalue weighted by atomic mass is 79.9. The third-order valence-electron chi connectivity index (χ3n) is 2.29. The molecule has 2 heterocycles. The van der Waals surface area contributed by atoms with Gasteiger partial charge in [-0.05, 0) is 22.9 Å². The Balaban J connectivity index is 2.18. The fraction of sp³-hybridized carbons (Fsp3) is 0.556. The molecule has 0 N–H and O–H groups in total. The maximum Gasteiger partial charge on any atom is 0.133 e. The van der Waals surface area contributed by atoms with Crippen LogP contribution in [0.1, 0.15) is 5.82 Å². The molecule has 6 heteroatoms. The summed E-state index contributed by atoms with van der Waals surface area (Å²) >= 11 is 3.35. The van der Waals surface area contributed by atoms with Gasteiger partial charge in [0.2, 0.25) is 0 Å². The van der Waals surface area contributed by atoms with Gasteiger partial charge in [0, 0.05) is 41.5 Å². The van der Waals surface area contributed by atoms with E-state index >= 15 is 0 Å². The monoisotopic (exact) mass is 289 g/mol. The van der Waals surface area contributed by atoms with Crippen LogP contribution in [0.4, 0.5) is 5.82 Å². The maximum absolute atomic E-state index is 11.2. The molecule has 0 bridgehead atoms. The van der Waals surface area contributed by atoms with Crippen LogP contribution in [-0.2, 0) is 10.8 Å². The normalized spacial score (nSPS) is 18.1. The number of aryl methyl sites for hydroxylation is 1. The summed E-state index contributed by atoms with van der Waals surface area (Å²) in [7, 11) is -0.642. The van der Waals surface area contributed by atoms with E-state index in [1.807, 2.05) is 13.0 Å². The van der Waals surface area contributed by atoms with Crippen LogP contribution in [-0.4, -0.2) is 38.8 Å². The Kier molecular flexibility index (Phi) is 3.35. The molecule has 1 aliphatic heterocycles. The van der Waals surface area contributed by atoms with E-state index in [0.29, 0.717) is 0 Å². The summed E-state index contributed by atoms with van der Waals surface area (Å²) in [5, 5.41) is 0. The largest absolute Gasteiger partial charge is 0.355 e. The molecule has 1 aliphatic rings. The minimum atomic E-state index is -0.642. The van der Waals surface area contributed by atoms with E-state index in [-0.39, 0.29) is 0 Å². The molecule has 4 nitrogen and oxygen atoms in total. The van der Waals surface area contributed by atoms with E-state index in [2.05, 4.69) is 30.8 Å². The first-order chi connectivity index (χ1) is 7.15. The molecule has 1 fully saturated rings. The summed E-state index contributed by atoms with van der Waals surface area (Å²) in [4.78, 5) is 10.7. The average Bonchev–Trinajstić information content (AvgIpc) is 2.17. The summed E-state index contributed by atoms with van der Waals surface area (Å²) in [5.74, 6) is 3.15. The molecule has 0 atom stereocenters. The van der Waals surface area contributed by atoms with E-state index in [1.54, 1.807) is 0 Å². The van der Waals surface area contributed by atoms with Crippen molar-refractivity contribution in [2.75, 3.05) is 29.5 Å². The van der Waals surface area contributed by atoms with Crippen molar-refractivity contribution in [3.05, 3.63) is 16.5 Å². The van der Waals surface area contributed by atoms with Gasteiger partial charge in [0.05, 0.1) is 0 Å². The third kappa shape index (κ3) is 2.75. The van der Waals surface area contributed by atoms with Gasteiger partial charge < -0.3 is 4.90 Å². The lowest BCUT2D eigenvalue weighted by atomic mass is 10.4. The van der Waals surface area contributed by atoms with E-state index in [0.717, 1.165) is 40.8 Å². The summed E-state index contributed by atoms with van der Waals surface area (Å²) < 4.78 is 12.0. The number of nitrogens with zero attached hydrogens (tertiary/aromatic N) is 3. The van der Waals surface area contributed by atoms with Gasteiger partial charge in [0.25, 0.3) is 0 Å². The molecule has 1 aromatic heterocycles. The second kappa shape index (κ2) is 4.57. The Hall–Kier alpha value is -0.490. The molecule has 0 unspecified atom stereocenters. The van der Waals surface area contributed by atoms with Gasteiger partial charge in [-0.25, -0.2) is 9.97 Å². The minimum absolute atomic E-state index is 0.642. The molecule has 0 spiro atoms. The predicted molar refractivity (Wildman–Crippen MR) is 64.6 cm³/mol. The molecule has 2 rings (SSSR count). The van der Waals surface area contributed by atoms with Gasteiger partial charge in [0.15, 0.2) is 0 Å².